The lowest BCUT2D eigenvalue weighted by molar-refractivity contribution is -0.0742. The average Bonchev–Trinajstić information content (AvgIpc) is 2.47. The van der Waals surface area contributed by atoms with E-state index in [2.05, 4.69) is 38.9 Å². The predicted molar refractivity (Wildman–Crippen MR) is 99.6 cm³/mol. The van der Waals surface area contributed by atoms with Gasteiger partial charge in [0.25, 0.3) is 0 Å². The molecule has 0 saturated heterocycles. The van der Waals surface area contributed by atoms with E-state index >= 15 is 0 Å². The average molecular weight is 330 g/mol. The highest BCUT2D eigenvalue weighted by atomic mass is 32.1. The minimum Gasteiger partial charge on any atom is -0.225 e. The molecule has 0 aromatic rings. The number of hydrogen-bond acceptors (Lipinski definition) is 2. The lowest BCUT2D eigenvalue weighted by Crippen LogP contribution is -2.60. The third-order valence-corrected chi connectivity index (χ3v) is 8.09. The molecule has 0 bridgehead atoms. The van der Waals surface area contributed by atoms with Crippen molar-refractivity contribution in [1.82, 2.24) is 0 Å². The normalized spacial score (nSPS) is 50.3. The van der Waals surface area contributed by atoms with E-state index in [0.717, 1.165) is 36.0 Å². The Morgan fingerprint density at radius 2 is 2.04 bits per heavy atom. The van der Waals surface area contributed by atoms with Gasteiger partial charge >= 0.3 is 0 Å². The smallest absolute Gasteiger partial charge is 0.0807 e. The molecule has 23 heavy (non-hydrogen) atoms. The van der Waals surface area contributed by atoms with Gasteiger partial charge in [-0.2, -0.15) is 0 Å². The van der Waals surface area contributed by atoms with E-state index in [9.17, 15) is 0 Å². The highest BCUT2D eigenvalue weighted by Gasteiger charge is 2.61. The summed E-state index contributed by atoms with van der Waals surface area (Å²) in [6.07, 6.45) is 10.5. The summed E-state index contributed by atoms with van der Waals surface area (Å²) >= 11 is 5.11. The van der Waals surface area contributed by atoms with Crippen molar-refractivity contribution in [3.8, 4) is 0 Å². The molecule has 7 atom stereocenters. The van der Waals surface area contributed by atoms with Gasteiger partial charge in [-0.25, -0.2) is 4.99 Å². The largest absolute Gasteiger partial charge is 0.225 e. The summed E-state index contributed by atoms with van der Waals surface area (Å²) in [4.78, 5) is 4.92. The molecule has 0 aromatic heterocycles. The van der Waals surface area contributed by atoms with Gasteiger partial charge < -0.3 is 0 Å². The topological polar surface area (TPSA) is 12.4 Å². The van der Waals surface area contributed by atoms with Crippen molar-refractivity contribution < 1.29 is 0 Å². The van der Waals surface area contributed by atoms with E-state index in [1.54, 1.807) is 5.57 Å². The van der Waals surface area contributed by atoms with E-state index in [4.69, 9.17) is 17.2 Å². The molecule has 4 rings (SSSR count). The maximum Gasteiger partial charge on any atom is 0.0807 e. The Hall–Kier alpha value is -0.460. The fraction of sp³-hybridized carbons (Fsp3) is 0.857. The van der Waals surface area contributed by atoms with Gasteiger partial charge in [-0.05, 0) is 91.7 Å². The highest BCUT2D eigenvalue weighted by Crippen LogP contribution is 2.65. The summed E-state index contributed by atoms with van der Waals surface area (Å²) in [7, 11) is 0. The lowest BCUT2D eigenvalue weighted by Gasteiger charge is -2.63. The van der Waals surface area contributed by atoms with Crippen LogP contribution in [0.3, 0.4) is 0 Å². The van der Waals surface area contributed by atoms with Crippen molar-refractivity contribution in [1.29, 1.82) is 0 Å². The van der Waals surface area contributed by atoms with E-state index < -0.39 is 0 Å². The second kappa shape index (κ2) is 5.27. The first-order valence-corrected chi connectivity index (χ1v) is 10.1. The van der Waals surface area contributed by atoms with Crippen molar-refractivity contribution in [2.24, 2.45) is 45.9 Å². The van der Waals surface area contributed by atoms with Gasteiger partial charge in [-0.1, -0.05) is 39.3 Å². The number of allylic oxidation sites excluding steroid dienone is 1. The molecule has 0 aromatic carbocycles. The number of nitrogens with zero attached hydrogens (tertiary/aromatic N) is 1. The molecule has 0 aliphatic heterocycles. The fourth-order valence-electron chi connectivity index (χ4n) is 7.23. The molecule has 4 aliphatic rings. The van der Waals surface area contributed by atoms with Crippen LogP contribution in [0.15, 0.2) is 16.6 Å². The summed E-state index contributed by atoms with van der Waals surface area (Å²) in [6.45, 7) is 9.89. The molecule has 3 saturated carbocycles. The van der Waals surface area contributed by atoms with E-state index in [-0.39, 0.29) is 5.54 Å². The van der Waals surface area contributed by atoms with Crippen molar-refractivity contribution in [2.45, 2.75) is 71.8 Å². The number of rotatable bonds is 1. The third-order valence-electron chi connectivity index (χ3n) is 8.00. The lowest BCUT2D eigenvalue weighted by atomic mass is 9.43. The molecule has 1 unspecified atom stereocenters. The van der Waals surface area contributed by atoms with E-state index in [1.165, 1.54) is 32.1 Å². The van der Waals surface area contributed by atoms with E-state index in [1.807, 2.05) is 0 Å². The molecule has 0 amide bonds. The monoisotopic (exact) mass is 329 g/mol. The van der Waals surface area contributed by atoms with Gasteiger partial charge in [-0.15, -0.1) is 0 Å². The Balaban J connectivity index is 1.85. The Morgan fingerprint density at radius 3 is 2.78 bits per heavy atom. The summed E-state index contributed by atoms with van der Waals surface area (Å²) in [5.74, 6) is 4.73. The Kier molecular flexibility index (Phi) is 3.67. The zero-order valence-electron chi connectivity index (χ0n) is 15.1. The van der Waals surface area contributed by atoms with Gasteiger partial charge in [0.1, 0.15) is 0 Å². The Labute approximate surface area is 147 Å². The number of aliphatic imine (C=N–C) groups is 1. The molecule has 3 fully saturated rings. The zero-order chi connectivity index (χ0) is 16.4. The zero-order valence-corrected chi connectivity index (χ0v) is 16.0. The summed E-state index contributed by atoms with van der Waals surface area (Å²) < 4.78 is 0. The first kappa shape index (κ1) is 16.0. The molecule has 0 radical (unpaired) electrons. The van der Waals surface area contributed by atoms with Crippen LogP contribution < -0.4 is 0 Å². The molecule has 2 heteroatoms. The molecular formula is C21H31NS. The maximum absolute atomic E-state index is 5.11. The SMILES string of the molecule is C[C@H]1C[C@H]2CC(C)(C)CC3=CCC4(N=C=S)[C@@H]([C@@H]1CC[C@@H]4C)[C@@H]32. The summed E-state index contributed by atoms with van der Waals surface area (Å²) in [5.41, 5.74) is 2.32. The van der Waals surface area contributed by atoms with Crippen molar-refractivity contribution in [3.05, 3.63) is 11.6 Å². The van der Waals surface area contributed by atoms with Gasteiger partial charge in [0, 0.05) is 0 Å². The van der Waals surface area contributed by atoms with Crippen molar-refractivity contribution in [2.75, 3.05) is 0 Å². The molecule has 0 heterocycles. The quantitative estimate of drug-likeness (QED) is 0.331. The van der Waals surface area contributed by atoms with Crippen LogP contribution in [0.1, 0.15) is 66.2 Å². The first-order chi connectivity index (χ1) is 10.9. The minimum absolute atomic E-state index is 0.0627. The van der Waals surface area contributed by atoms with Crippen LogP contribution in [0.2, 0.25) is 0 Å². The number of thiocarbonyl (C=S) groups is 1. The molecule has 126 valence electrons. The van der Waals surface area contributed by atoms with Crippen LogP contribution in [0.5, 0.6) is 0 Å². The first-order valence-electron chi connectivity index (χ1n) is 9.66. The van der Waals surface area contributed by atoms with Crippen LogP contribution in [0.4, 0.5) is 0 Å². The highest BCUT2D eigenvalue weighted by molar-refractivity contribution is 7.78. The molecule has 0 N–H and O–H groups in total. The van der Waals surface area contributed by atoms with Gasteiger partial charge in [0.05, 0.1) is 10.7 Å². The van der Waals surface area contributed by atoms with Crippen LogP contribution >= 0.6 is 12.2 Å². The third kappa shape index (κ3) is 2.24. The molecule has 4 aliphatic carbocycles. The predicted octanol–water partition coefficient (Wildman–Crippen LogP) is 5.91. The molecule has 1 nitrogen and oxygen atoms in total. The second-order valence-electron chi connectivity index (χ2n) is 9.89. The van der Waals surface area contributed by atoms with Crippen LogP contribution in [-0.2, 0) is 0 Å². The van der Waals surface area contributed by atoms with Gasteiger partial charge in [0.2, 0.25) is 0 Å². The van der Waals surface area contributed by atoms with E-state index in [0.29, 0.717) is 11.3 Å². The Morgan fingerprint density at radius 1 is 1.26 bits per heavy atom. The van der Waals surface area contributed by atoms with Crippen LogP contribution in [0.25, 0.3) is 0 Å². The number of hydrogen-bond donors (Lipinski definition) is 0. The van der Waals surface area contributed by atoms with Crippen molar-refractivity contribution in [3.63, 3.8) is 0 Å². The number of isothiocyanates is 1. The van der Waals surface area contributed by atoms with Crippen LogP contribution in [-0.4, -0.2) is 10.7 Å². The van der Waals surface area contributed by atoms with Gasteiger partial charge in [-0.3, -0.25) is 0 Å². The van der Waals surface area contributed by atoms with Gasteiger partial charge in [0.15, 0.2) is 0 Å². The Bertz CT molecular complexity index is 585. The standard InChI is InChI=1S/C21H31NS/c1-13-9-16-11-20(3,4)10-15-7-8-21(22-12-23)14(2)5-6-17(13)19(21)18(15)16/h7,13-14,16-19H,5-6,8-11H2,1-4H3/t13-,14-,16-,17+,18-,19-,21?/m0/s1. The fourth-order valence-corrected chi connectivity index (χ4v) is 7.40. The molecule has 0 spiro atoms. The minimum atomic E-state index is 0.0627. The second-order valence-corrected chi connectivity index (χ2v) is 10.1. The summed E-state index contributed by atoms with van der Waals surface area (Å²) in [5, 5.41) is 2.82. The molecular weight excluding hydrogens is 298 g/mol. The summed E-state index contributed by atoms with van der Waals surface area (Å²) in [6, 6.07) is 0. The maximum atomic E-state index is 5.11. The van der Waals surface area contributed by atoms with Crippen molar-refractivity contribution >= 4 is 17.4 Å². The van der Waals surface area contributed by atoms with Crippen LogP contribution in [0, 0.1) is 40.9 Å².